The summed E-state index contributed by atoms with van der Waals surface area (Å²) in [6.07, 6.45) is 1.97. The van der Waals surface area contributed by atoms with Gasteiger partial charge < -0.3 is 18.8 Å². The lowest BCUT2D eigenvalue weighted by Gasteiger charge is -2.14. The number of hydrogen-bond acceptors (Lipinski definition) is 4. The molecule has 0 unspecified atom stereocenters. The fraction of sp³-hybridized carbons (Fsp3) is 0.227. The van der Waals surface area contributed by atoms with Crippen molar-refractivity contribution in [1.29, 1.82) is 0 Å². The second-order valence-corrected chi connectivity index (χ2v) is 6.18. The van der Waals surface area contributed by atoms with E-state index in [0.717, 1.165) is 22.5 Å². The van der Waals surface area contributed by atoms with Crippen LogP contribution in [0.3, 0.4) is 0 Å². The van der Waals surface area contributed by atoms with Crippen molar-refractivity contribution in [1.82, 2.24) is 4.57 Å². The van der Waals surface area contributed by atoms with E-state index in [1.807, 2.05) is 60.2 Å². The van der Waals surface area contributed by atoms with E-state index >= 15 is 0 Å². The molecule has 0 aliphatic rings. The number of nitrogens with zero attached hydrogens (tertiary/aromatic N) is 1. The molecule has 1 aromatic heterocycles. The summed E-state index contributed by atoms with van der Waals surface area (Å²) in [4.78, 5) is 12.4. The monoisotopic (exact) mass is 365 g/mol. The Morgan fingerprint density at radius 2 is 1.52 bits per heavy atom. The fourth-order valence-electron chi connectivity index (χ4n) is 3.36. The van der Waals surface area contributed by atoms with Crippen molar-refractivity contribution in [3.05, 3.63) is 59.9 Å². The van der Waals surface area contributed by atoms with Crippen LogP contribution < -0.4 is 14.2 Å². The SMILES string of the molecule is COc1cc(-c2cn(-c3ccccc3)c(C)c2C(C)=O)cc(OC)c1OC. The molecule has 0 N–H and O–H groups in total. The Bertz CT molecular complexity index is 948. The molecule has 0 atom stereocenters. The third-order valence-corrected chi connectivity index (χ3v) is 4.61. The van der Waals surface area contributed by atoms with Gasteiger partial charge in [0.2, 0.25) is 5.75 Å². The van der Waals surface area contributed by atoms with Gasteiger partial charge in [0.05, 0.1) is 21.3 Å². The number of benzene rings is 2. The Morgan fingerprint density at radius 3 is 2.00 bits per heavy atom. The van der Waals surface area contributed by atoms with E-state index in [4.69, 9.17) is 14.2 Å². The first-order valence-corrected chi connectivity index (χ1v) is 8.60. The minimum Gasteiger partial charge on any atom is -0.493 e. The largest absolute Gasteiger partial charge is 0.493 e. The quantitative estimate of drug-likeness (QED) is 0.595. The molecule has 0 amide bonds. The average molecular weight is 365 g/mol. The molecule has 0 saturated carbocycles. The zero-order chi connectivity index (χ0) is 19.6. The highest BCUT2D eigenvalue weighted by Gasteiger charge is 2.21. The fourth-order valence-corrected chi connectivity index (χ4v) is 3.36. The molecule has 27 heavy (non-hydrogen) atoms. The van der Waals surface area contributed by atoms with E-state index < -0.39 is 0 Å². The number of carbonyl (C=O) groups is 1. The average Bonchev–Trinajstić information content (AvgIpc) is 3.04. The van der Waals surface area contributed by atoms with Crippen LogP contribution >= 0.6 is 0 Å². The van der Waals surface area contributed by atoms with E-state index in [-0.39, 0.29) is 5.78 Å². The third-order valence-electron chi connectivity index (χ3n) is 4.61. The van der Waals surface area contributed by atoms with Crippen LogP contribution in [-0.2, 0) is 0 Å². The van der Waals surface area contributed by atoms with Crippen LogP contribution in [0.2, 0.25) is 0 Å². The molecule has 140 valence electrons. The molecule has 3 aromatic rings. The van der Waals surface area contributed by atoms with Gasteiger partial charge in [0.1, 0.15) is 0 Å². The second-order valence-electron chi connectivity index (χ2n) is 6.18. The Kier molecular flexibility index (Phi) is 5.21. The highest BCUT2D eigenvalue weighted by molar-refractivity contribution is 6.02. The predicted octanol–water partition coefficient (Wildman–Crippen LogP) is 4.68. The van der Waals surface area contributed by atoms with Crippen LogP contribution in [0, 0.1) is 6.92 Å². The van der Waals surface area contributed by atoms with Gasteiger partial charge in [0.15, 0.2) is 17.3 Å². The van der Waals surface area contributed by atoms with Gasteiger partial charge >= 0.3 is 0 Å². The third kappa shape index (κ3) is 3.28. The number of ether oxygens (including phenoxy) is 3. The molecule has 2 aromatic carbocycles. The summed E-state index contributed by atoms with van der Waals surface area (Å²) in [5.41, 5.74) is 4.21. The van der Waals surface area contributed by atoms with Crippen LogP contribution in [0.15, 0.2) is 48.7 Å². The number of aromatic nitrogens is 1. The summed E-state index contributed by atoms with van der Waals surface area (Å²) in [6, 6.07) is 13.7. The molecule has 0 bridgehead atoms. The molecule has 0 spiro atoms. The van der Waals surface area contributed by atoms with Gasteiger partial charge in [-0.15, -0.1) is 0 Å². The van der Waals surface area contributed by atoms with Crippen molar-refractivity contribution in [2.75, 3.05) is 21.3 Å². The standard InChI is InChI=1S/C22H23NO4/c1-14-21(15(2)24)18(13-23(14)17-9-7-6-8-10-17)16-11-19(25-3)22(27-5)20(12-16)26-4/h6-13H,1-5H3. The van der Waals surface area contributed by atoms with E-state index in [1.54, 1.807) is 28.3 Å². The normalized spacial score (nSPS) is 10.6. The molecule has 1 heterocycles. The molecule has 0 aliphatic heterocycles. The van der Waals surface area contributed by atoms with Crippen molar-refractivity contribution < 1.29 is 19.0 Å². The predicted molar refractivity (Wildman–Crippen MR) is 106 cm³/mol. The van der Waals surface area contributed by atoms with E-state index in [9.17, 15) is 4.79 Å². The van der Waals surface area contributed by atoms with E-state index in [1.165, 1.54) is 0 Å². The lowest BCUT2D eigenvalue weighted by atomic mass is 10.00. The lowest BCUT2D eigenvalue weighted by Crippen LogP contribution is -2.00. The molecule has 0 aliphatic carbocycles. The Labute approximate surface area is 159 Å². The van der Waals surface area contributed by atoms with Gasteiger partial charge in [0.25, 0.3) is 0 Å². The van der Waals surface area contributed by atoms with Crippen molar-refractivity contribution in [3.8, 4) is 34.1 Å². The first kappa shape index (κ1) is 18.6. The number of carbonyl (C=O) groups excluding carboxylic acids is 1. The van der Waals surface area contributed by atoms with Crippen molar-refractivity contribution in [2.45, 2.75) is 13.8 Å². The summed E-state index contributed by atoms with van der Waals surface area (Å²) < 4.78 is 18.4. The second kappa shape index (κ2) is 7.58. The van der Waals surface area contributed by atoms with E-state index in [0.29, 0.717) is 22.8 Å². The number of hydrogen-bond donors (Lipinski definition) is 0. The van der Waals surface area contributed by atoms with Gasteiger partial charge in [-0.3, -0.25) is 4.79 Å². The summed E-state index contributed by atoms with van der Waals surface area (Å²) in [5, 5.41) is 0. The maximum absolute atomic E-state index is 12.4. The molecule has 0 radical (unpaired) electrons. The number of methoxy groups -OCH3 is 3. The highest BCUT2D eigenvalue weighted by Crippen LogP contribution is 2.42. The Balaban J connectivity index is 2.27. The summed E-state index contributed by atoms with van der Waals surface area (Å²) in [5.74, 6) is 1.62. The molecule has 5 nitrogen and oxygen atoms in total. The number of para-hydroxylation sites is 1. The van der Waals surface area contributed by atoms with Gasteiger partial charge in [-0.05, 0) is 43.7 Å². The highest BCUT2D eigenvalue weighted by atomic mass is 16.5. The van der Waals surface area contributed by atoms with Gasteiger partial charge in [-0.1, -0.05) is 18.2 Å². The zero-order valence-corrected chi connectivity index (χ0v) is 16.2. The minimum atomic E-state index is 0.00549. The van der Waals surface area contributed by atoms with Gasteiger partial charge in [-0.2, -0.15) is 0 Å². The summed E-state index contributed by atoms with van der Waals surface area (Å²) >= 11 is 0. The first-order valence-electron chi connectivity index (χ1n) is 8.60. The van der Waals surface area contributed by atoms with E-state index in [2.05, 4.69) is 0 Å². The van der Waals surface area contributed by atoms with Crippen LogP contribution in [0.1, 0.15) is 23.0 Å². The summed E-state index contributed by atoms with van der Waals surface area (Å²) in [7, 11) is 4.72. The van der Waals surface area contributed by atoms with Crippen LogP contribution in [0.5, 0.6) is 17.2 Å². The van der Waals surface area contributed by atoms with Crippen molar-refractivity contribution in [3.63, 3.8) is 0 Å². The zero-order valence-electron chi connectivity index (χ0n) is 16.2. The van der Waals surface area contributed by atoms with Crippen molar-refractivity contribution in [2.24, 2.45) is 0 Å². The topological polar surface area (TPSA) is 49.7 Å². The first-order chi connectivity index (χ1) is 13.0. The van der Waals surface area contributed by atoms with Gasteiger partial charge in [-0.25, -0.2) is 0 Å². The molecule has 3 rings (SSSR count). The molecular formula is C22H23NO4. The molecule has 0 saturated heterocycles. The minimum absolute atomic E-state index is 0.00549. The maximum Gasteiger partial charge on any atom is 0.203 e. The maximum atomic E-state index is 12.4. The van der Waals surface area contributed by atoms with Crippen LogP contribution in [0.4, 0.5) is 0 Å². The Hall–Kier alpha value is -3.21. The number of Topliss-reactive ketones (excluding diaryl/α,β-unsaturated/α-hetero) is 1. The van der Waals surface area contributed by atoms with Gasteiger partial charge in [0, 0.05) is 28.7 Å². The number of rotatable bonds is 6. The Morgan fingerprint density at radius 1 is 0.926 bits per heavy atom. The summed E-state index contributed by atoms with van der Waals surface area (Å²) in [6.45, 7) is 3.53. The smallest absolute Gasteiger partial charge is 0.203 e. The molecular weight excluding hydrogens is 342 g/mol. The van der Waals surface area contributed by atoms with Crippen LogP contribution in [-0.4, -0.2) is 31.7 Å². The molecule has 5 heteroatoms. The van der Waals surface area contributed by atoms with Crippen molar-refractivity contribution >= 4 is 5.78 Å². The molecule has 0 fully saturated rings. The lowest BCUT2D eigenvalue weighted by molar-refractivity contribution is 0.101. The number of ketones is 1. The van der Waals surface area contributed by atoms with Crippen LogP contribution in [0.25, 0.3) is 16.8 Å².